The lowest BCUT2D eigenvalue weighted by Gasteiger charge is -2.26. The van der Waals surface area contributed by atoms with E-state index in [2.05, 4.69) is 15.6 Å². The minimum atomic E-state index is -0.368. The van der Waals surface area contributed by atoms with E-state index in [-0.39, 0.29) is 30.0 Å². The molecule has 108 valence electrons. The van der Waals surface area contributed by atoms with E-state index in [1.807, 2.05) is 24.3 Å². The first kappa shape index (κ1) is 13.4. The summed E-state index contributed by atoms with van der Waals surface area (Å²) in [5.74, 6) is 0.155. The van der Waals surface area contributed by atoms with Crippen molar-refractivity contribution in [1.29, 1.82) is 0 Å². The Balaban J connectivity index is 1.87. The van der Waals surface area contributed by atoms with Gasteiger partial charge in [0.1, 0.15) is 0 Å². The molecule has 2 aromatic rings. The topological polar surface area (TPSA) is 84.2 Å². The number of amides is 2. The van der Waals surface area contributed by atoms with Crippen LogP contribution in [0.4, 0.5) is 5.69 Å². The van der Waals surface area contributed by atoms with Crippen LogP contribution in [0.1, 0.15) is 40.2 Å². The highest BCUT2D eigenvalue weighted by atomic mass is 16.4. The van der Waals surface area contributed by atoms with Crippen LogP contribution in [0.2, 0.25) is 0 Å². The average molecular weight is 285 g/mol. The zero-order valence-corrected chi connectivity index (χ0v) is 11.8. The lowest BCUT2D eigenvalue weighted by molar-refractivity contribution is -0.116. The molecule has 1 aliphatic heterocycles. The second kappa shape index (κ2) is 5.05. The van der Waals surface area contributed by atoms with E-state index in [0.717, 1.165) is 11.3 Å². The number of para-hydroxylation sites is 1. The number of hydrogen-bond acceptors (Lipinski definition) is 4. The number of oxazole rings is 1. The summed E-state index contributed by atoms with van der Waals surface area (Å²) in [5.41, 5.74) is 2.16. The Labute approximate surface area is 121 Å². The van der Waals surface area contributed by atoms with Crippen LogP contribution in [0.25, 0.3) is 0 Å². The number of nitrogens with one attached hydrogen (secondary N) is 2. The number of rotatable bonds is 2. The van der Waals surface area contributed by atoms with Gasteiger partial charge in [-0.2, -0.15) is 0 Å². The molecule has 6 heteroatoms. The van der Waals surface area contributed by atoms with E-state index >= 15 is 0 Å². The van der Waals surface area contributed by atoms with Crippen molar-refractivity contribution >= 4 is 17.5 Å². The molecular formula is C15H15N3O3. The third-order valence-electron chi connectivity index (χ3n) is 3.41. The molecule has 0 unspecified atom stereocenters. The summed E-state index contributed by atoms with van der Waals surface area (Å²) in [5, 5.41) is 5.63. The van der Waals surface area contributed by atoms with E-state index in [1.165, 1.54) is 0 Å². The predicted molar refractivity (Wildman–Crippen MR) is 75.9 cm³/mol. The van der Waals surface area contributed by atoms with Gasteiger partial charge in [0, 0.05) is 12.6 Å². The molecule has 0 saturated carbocycles. The molecule has 0 fully saturated rings. The van der Waals surface area contributed by atoms with Gasteiger partial charge in [-0.15, -0.1) is 0 Å². The number of benzene rings is 1. The lowest BCUT2D eigenvalue weighted by Crippen LogP contribution is -2.35. The van der Waals surface area contributed by atoms with Gasteiger partial charge < -0.3 is 15.1 Å². The van der Waals surface area contributed by atoms with E-state index in [0.29, 0.717) is 11.6 Å². The first-order valence-corrected chi connectivity index (χ1v) is 6.68. The Hall–Kier alpha value is -2.63. The van der Waals surface area contributed by atoms with Crippen molar-refractivity contribution in [2.75, 3.05) is 5.32 Å². The van der Waals surface area contributed by atoms with E-state index in [1.54, 1.807) is 13.8 Å². The van der Waals surface area contributed by atoms with Gasteiger partial charge >= 0.3 is 0 Å². The van der Waals surface area contributed by atoms with Crippen LogP contribution in [0.15, 0.2) is 28.7 Å². The fraction of sp³-hybridized carbons (Fsp3) is 0.267. The molecule has 1 aliphatic rings. The molecule has 6 nitrogen and oxygen atoms in total. The zero-order valence-electron chi connectivity index (χ0n) is 11.8. The fourth-order valence-electron chi connectivity index (χ4n) is 2.51. The molecular weight excluding hydrogens is 270 g/mol. The number of carbonyl (C=O) groups is 2. The molecule has 0 radical (unpaired) electrons. The van der Waals surface area contributed by atoms with Gasteiger partial charge in [0.2, 0.25) is 11.7 Å². The number of aryl methyl sites for hydroxylation is 2. The summed E-state index contributed by atoms with van der Waals surface area (Å²) >= 11 is 0. The molecule has 21 heavy (non-hydrogen) atoms. The van der Waals surface area contributed by atoms with Crippen molar-refractivity contribution in [3.63, 3.8) is 0 Å². The molecule has 3 rings (SSSR count). The van der Waals surface area contributed by atoms with Crippen molar-refractivity contribution in [3.8, 4) is 0 Å². The third-order valence-corrected chi connectivity index (χ3v) is 3.41. The first-order valence-electron chi connectivity index (χ1n) is 6.68. The van der Waals surface area contributed by atoms with Crippen LogP contribution in [0.5, 0.6) is 0 Å². The highest BCUT2D eigenvalue weighted by Crippen LogP contribution is 2.30. The lowest BCUT2D eigenvalue weighted by atomic mass is 9.97. The Kier molecular flexibility index (Phi) is 3.21. The smallest absolute Gasteiger partial charge is 0.289 e. The maximum Gasteiger partial charge on any atom is 0.289 e. The van der Waals surface area contributed by atoms with Gasteiger partial charge in [-0.25, -0.2) is 4.98 Å². The Morgan fingerprint density at radius 2 is 2.14 bits per heavy atom. The number of aromatic nitrogens is 1. The van der Waals surface area contributed by atoms with Gasteiger partial charge in [0.25, 0.3) is 5.91 Å². The Bertz CT molecular complexity index is 721. The number of carbonyl (C=O) groups excluding carboxylic acids is 2. The SMILES string of the molecule is Cc1nc(C)c(C(=O)N[C@H]2CC(=O)Nc3ccccc32)o1. The summed E-state index contributed by atoms with van der Waals surface area (Å²) in [6, 6.07) is 7.05. The first-order chi connectivity index (χ1) is 10.0. The second-order valence-electron chi connectivity index (χ2n) is 5.01. The summed E-state index contributed by atoms with van der Waals surface area (Å²) in [6.07, 6.45) is 0.203. The third kappa shape index (κ3) is 2.52. The molecule has 2 amide bonds. The average Bonchev–Trinajstić information content (AvgIpc) is 2.77. The van der Waals surface area contributed by atoms with Crippen LogP contribution in [-0.4, -0.2) is 16.8 Å². The predicted octanol–water partition coefficient (Wildman–Crippen LogP) is 2.10. The van der Waals surface area contributed by atoms with Crippen molar-refractivity contribution in [2.24, 2.45) is 0 Å². The molecule has 1 aromatic heterocycles. The van der Waals surface area contributed by atoms with Crippen LogP contribution in [-0.2, 0) is 4.79 Å². The van der Waals surface area contributed by atoms with Crippen molar-refractivity contribution in [2.45, 2.75) is 26.3 Å². The Morgan fingerprint density at radius 3 is 2.86 bits per heavy atom. The molecule has 2 heterocycles. The molecule has 1 atom stereocenters. The molecule has 0 spiro atoms. The van der Waals surface area contributed by atoms with E-state index in [4.69, 9.17) is 4.42 Å². The number of anilines is 1. The minimum absolute atomic E-state index is 0.121. The monoisotopic (exact) mass is 285 g/mol. The van der Waals surface area contributed by atoms with Crippen molar-refractivity contribution < 1.29 is 14.0 Å². The van der Waals surface area contributed by atoms with E-state index < -0.39 is 0 Å². The van der Waals surface area contributed by atoms with Gasteiger partial charge in [-0.05, 0) is 18.6 Å². The van der Waals surface area contributed by atoms with Crippen LogP contribution < -0.4 is 10.6 Å². The van der Waals surface area contributed by atoms with Crippen LogP contribution in [0.3, 0.4) is 0 Å². The second-order valence-corrected chi connectivity index (χ2v) is 5.01. The maximum atomic E-state index is 12.3. The van der Waals surface area contributed by atoms with Crippen LogP contribution >= 0.6 is 0 Å². The fourth-order valence-corrected chi connectivity index (χ4v) is 2.51. The van der Waals surface area contributed by atoms with Gasteiger partial charge in [-0.3, -0.25) is 9.59 Å². The zero-order chi connectivity index (χ0) is 15.0. The standard InChI is InChI=1S/C15H15N3O3/c1-8-14(21-9(2)16-8)15(20)18-12-7-13(19)17-11-6-4-3-5-10(11)12/h3-6,12H,7H2,1-2H3,(H,17,19)(H,18,20)/t12-/m0/s1. The van der Waals surface area contributed by atoms with Gasteiger partial charge in [0.15, 0.2) is 5.89 Å². The summed E-state index contributed by atoms with van der Waals surface area (Å²) < 4.78 is 5.31. The van der Waals surface area contributed by atoms with Crippen molar-refractivity contribution in [3.05, 3.63) is 47.2 Å². The normalized spacial score (nSPS) is 17.0. The molecule has 0 bridgehead atoms. The van der Waals surface area contributed by atoms with E-state index in [9.17, 15) is 9.59 Å². The molecule has 1 aromatic carbocycles. The molecule has 0 aliphatic carbocycles. The highest BCUT2D eigenvalue weighted by Gasteiger charge is 2.28. The molecule has 2 N–H and O–H groups in total. The van der Waals surface area contributed by atoms with Crippen molar-refractivity contribution in [1.82, 2.24) is 10.3 Å². The highest BCUT2D eigenvalue weighted by molar-refractivity contribution is 5.97. The largest absolute Gasteiger partial charge is 0.436 e. The maximum absolute atomic E-state index is 12.3. The minimum Gasteiger partial charge on any atom is -0.436 e. The summed E-state index contributed by atoms with van der Waals surface area (Å²) in [4.78, 5) is 28.1. The van der Waals surface area contributed by atoms with Gasteiger partial charge in [0.05, 0.1) is 18.2 Å². The molecule has 0 saturated heterocycles. The number of fused-ring (bicyclic) bond motifs is 1. The van der Waals surface area contributed by atoms with Crippen LogP contribution in [0, 0.1) is 13.8 Å². The number of hydrogen-bond donors (Lipinski definition) is 2. The number of nitrogens with zero attached hydrogens (tertiary/aromatic N) is 1. The summed E-state index contributed by atoms with van der Waals surface area (Å²) in [7, 11) is 0. The quantitative estimate of drug-likeness (QED) is 0.885. The summed E-state index contributed by atoms with van der Waals surface area (Å²) in [6.45, 7) is 3.40. The van der Waals surface area contributed by atoms with Gasteiger partial charge in [-0.1, -0.05) is 18.2 Å². The Morgan fingerprint density at radius 1 is 1.38 bits per heavy atom.